The lowest BCUT2D eigenvalue weighted by Crippen LogP contribution is -2.24. The summed E-state index contributed by atoms with van der Waals surface area (Å²) in [6.07, 6.45) is 2.42. The maximum absolute atomic E-state index is 12.7. The van der Waals surface area contributed by atoms with Gasteiger partial charge in [0.1, 0.15) is 23.9 Å². The minimum absolute atomic E-state index is 0.167. The first kappa shape index (κ1) is 21.1. The molecule has 31 heavy (non-hydrogen) atoms. The van der Waals surface area contributed by atoms with E-state index in [1.807, 2.05) is 18.3 Å². The lowest BCUT2D eigenvalue weighted by molar-refractivity contribution is -0.141. The number of hydrogen-bond acceptors (Lipinski definition) is 5. The summed E-state index contributed by atoms with van der Waals surface area (Å²) >= 11 is 6.04. The Morgan fingerprint density at radius 1 is 1.00 bits per heavy atom. The zero-order chi connectivity index (χ0) is 22.0. The van der Waals surface area contributed by atoms with Gasteiger partial charge in [-0.25, -0.2) is 9.97 Å². The average molecular weight is 448 g/mol. The summed E-state index contributed by atoms with van der Waals surface area (Å²) in [6, 6.07) is 7.74. The summed E-state index contributed by atoms with van der Waals surface area (Å²) in [5, 5.41) is 11.2. The van der Waals surface area contributed by atoms with Crippen molar-refractivity contribution in [2.45, 2.75) is 19.1 Å². The van der Waals surface area contributed by atoms with Crippen LogP contribution in [0, 0.1) is 0 Å². The van der Waals surface area contributed by atoms with Crippen molar-refractivity contribution in [2.75, 3.05) is 11.6 Å². The fourth-order valence-electron chi connectivity index (χ4n) is 3.22. The predicted molar refractivity (Wildman–Crippen MR) is 111 cm³/mol. The molecule has 0 saturated carbocycles. The largest absolute Gasteiger partial charge is 0.433 e. The number of aliphatic hydroxyl groups is 1. The van der Waals surface area contributed by atoms with Crippen LogP contribution in [-0.2, 0) is 19.1 Å². The third-order valence-electron chi connectivity index (χ3n) is 4.77. The SMILES string of the molecule is OCN(Cc1ccc(C(F)(F)F)nc1)c1ccc(Cc2c[nH]c3ncc(Cl)cc23)cn1. The number of fused-ring (bicyclic) bond motifs is 1. The average Bonchev–Trinajstić information content (AvgIpc) is 3.14. The smallest absolute Gasteiger partial charge is 0.376 e. The highest BCUT2D eigenvalue weighted by atomic mass is 35.5. The van der Waals surface area contributed by atoms with Gasteiger partial charge in [-0.3, -0.25) is 4.98 Å². The molecular weight excluding hydrogens is 431 g/mol. The first-order valence-corrected chi connectivity index (χ1v) is 9.65. The van der Waals surface area contributed by atoms with Crippen molar-refractivity contribution in [3.8, 4) is 0 Å². The van der Waals surface area contributed by atoms with Gasteiger partial charge >= 0.3 is 6.18 Å². The molecular formula is C21H17ClF3N5O. The fourth-order valence-corrected chi connectivity index (χ4v) is 3.37. The number of anilines is 1. The van der Waals surface area contributed by atoms with Crippen molar-refractivity contribution < 1.29 is 18.3 Å². The van der Waals surface area contributed by atoms with Crippen molar-refractivity contribution in [3.63, 3.8) is 0 Å². The van der Waals surface area contributed by atoms with Crippen molar-refractivity contribution in [3.05, 3.63) is 82.5 Å². The number of H-pyrrole nitrogens is 1. The van der Waals surface area contributed by atoms with E-state index in [1.165, 1.54) is 11.0 Å². The van der Waals surface area contributed by atoms with Gasteiger partial charge in [0.25, 0.3) is 0 Å². The molecule has 160 valence electrons. The van der Waals surface area contributed by atoms with Crippen LogP contribution in [0.15, 0.2) is 55.1 Å². The number of aromatic nitrogens is 4. The number of rotatable bonds is 6. The maximum Gasteiger partial charge on any atom is 0.433 e. The zero-order valence-corrected chi connectivity index (χ0v) is 16.8. The molecule has 6 nitrogen and oxygen atoms in total. The maximum atomic E-state index is 12.7. The number of aliphatic hydroxyl groups excluding tert-OH is 1. The predicted octanol–water partition coefficient (Wildman–Crippen LogP) is 4.57. The molecule has 0 aliphatic heterocycles. The van der Waals surface area contributed by atoms with Gasteiger partial charge in [0.05, 0.1) is 5.02 Å². The molecule has 0 radical (unpaired) electrons. The topological polar surface area (TPSA) is 77.9 Å². The van der Waals surface area contributed by atoms with Crippen LogP contribution in [0.3, 0.4) is 0 Å². The van der Waals surface area contributed by atoms with E-state index >= 15 is 0 Å². The van der Waals surface area contributed by atoms with E-state index < -0.39 is 11.9 Å². The Bertz CT molecular complexity index is 1180. The minimum atomic E-state index is -4.49. The lowest BCUT2D eigenvalue weighted by atomic mass is 10.1. The minimum Gasteiger partial charge on any atom is -0.376 e. The lowest BCUT2D eigenvalue weighted by Gasteiger charge is -2.21. The molecule has 0 spiro atoms. The molecule has 4 aromatic heterocycles. The first-order valence-electron chi connectivity index (χ1n) is 9.28. The van der Waals surface area contributed by atoms with Crippen LogP contribution < -0.4 is 4.90 Å². The van der Waals surface area contributed by atoms with Crippen molar-refractivity contribution >= 4 is 28.5 Å². The monoisotopic (exact) mass is 447 g/mol. The van der Waals surface area contributed by atoms with Gasteiger partial charge in [0.15, 0.2) is 0 Å². The Balaban J connectivity index is 1.47. The van der Waals surface area contributed by atoms with Gasteiger partial charge in [-0.1, -0.05) is 23.7 Å². The van der Waals surface area contributed by atoms with Gasteiger partial charge in [0.2, 0.25) is 0 Å². The van der Waals surface area contributed by atoms with Crippen LogP contribution in [0.5, 0.6) is 0 Å². The summed E-state index contributed by atoms with van der Waals surface area (Å²) in [4.78, 5) is 16.7. The van der Waals surface area contributed by atoms with E-state index in [0.717, 1.165) is 34.4 Å². The molecule has 4 heterocycles. The number of alkyl halides is 3. The normalized spacial score (nSPS) is 11.8. The third-order valence-corrected chi connectivity index (χ3v) is 4.98. The number of pyridine rings is 3. The van der Waals surface area contributed by atoms with Crippen molar-refractivity contribution in [1.82, 2.24) is 19.9 Å². The summed E-state index contributed by atoms with van der Waals surface area (Å²) < 4.78 is 38.0. The van der Waals surface area contributed by atoms with Gasteiger partial charge in [0, 0.05) is 43.1 Å². The van der Waals surface area contributed by atoms with Gasteiger partial charge in [-0.15, -0.1) is 0 Å². The molecule has 0 aliphatic rings. The summed E-state index contributed by atoms with van der Waals surface area (Å²) in [5.41, 5.74) is 2.29. The highest BCUT2D eigenvalue weighted by Gasteiger charge is 2.32. The number of nitrogens with one attached hydrogen (secondary N) is 1. The molecule has 0 aliphatic carbocycles. The van der Waals surface area contributed by atoms with Crippen LogP contribution in [-0.4, -0.2) is 31.8 Å². The summed E-state index contributed by atoms with van der Waals surface area (Å²) in [5.74, 6) is 0.495. The van der Waals surface area contributed by atoms with Gasteiger partial charge in [-0.05, 0) is 34.9 Å². The van der Waals surface area contributed by atoms with E-state index in [2.05, 4.69) is 19.9 Å². The van der Waals surface area contributed by atoms with Crippen LogP contribution in [0.4, 0.5) is 19.0 Å². The Hall–Kier alpha value is -3.17. The molecule has 4 aromatic rings. The van der Waals surface area contributed by atoms with Crippen molar-refractivity contribution in [2.24, 2.45) is 0 Å². The summed E-state index contributed by atoms with van der Waals surface area (Å²) in [7, 11) is 0. The van der Waals surface area contributed by atoms with Crippen LogP contribution in [0.2, 0.25) is 5.02 Å². The number of nitrogens with zero attached hydrogens (tertiary/aromatic N) is 4. The molecule has 2 N–H and O–H groups in total. The Labute approximate surface area is 180 Å². The third kappa shape index (κ3) is 4.78. The number of hydrogen-bond donors (Lipinski definition) is 2. The molecule has 0 saturated heterocycles. The van der Waals surface area contributed by atoms with E-state index in [1.54, 1.807) is 18.5 Å². The van der Waals surface area contributed by atoms with Crippen LogP contribution >= 0.6 is 11.6 Å². The second-order valence-corrected chi connectivity index (χ2v) is 7.39. The molecule has 0 aromatic carbocycles. The highest BCUT2D eigenvalue weighted by Crippen LogP contribution is 2.27. The highest BCUT2D eigenvalue weighted by molar-refractivity contribution is 6.31. The summed E-state index contributed by atoms with van der Waals surface area (Å²) in [6.45, 7) is -0.180. The number of halogens is 4. The van der Waals surface area contributed by atoms with Gasteiger partial charge < -0.3 is 15.0 Å². The first-order chi connectivity index (χ1) is 14.8. The molecule has 0 amide bonds. The van der Waals surface area contributed by atoms with Crippen molar-refractivity contribution in [1.29, 1.82) is 0 Å². The van der Waals surface area contributed by atoms with E-state index in [9.17, 15) is 18.3 Å². The Morgan fingerprint density at radius 3 is 2.42 bits per heavy atom. The second kappa shape index (κ2) is 8.52. The Kier molecular flexibility index (Phi) is 5.79. The molecule has 0 bridgehead atoms. The fraction of sp³-hybridized carbons (Fsp3) is 0.190. The molecule has 0 atom stereocenters. The standard InChI is InChI=1S/C21H17ClF3N5O/c22-16-6-17-15(9-28-20(17)29-10-16)5-13-2-4-19(27-7-13)30(12-31)11-14-1-3-18(26-8-14)21(23,24)25/h1-4,6-10,31H,5,11-12H2,(H,28,29). The Morgan fingerprint density at radius 2 is 1.77 bits per heavy atom. The quantitative estimate of drug-likeness (QED) is 0.423. The number of aromatic amines is 1. The zero-order valence-electron chi connectivity index (χ0n) is 16.1. The molecule has 0 fully saturated rings. The molecule has 0 unspecified atom stereocenters. The van der Waals surface area contributed by atoms with Crippen LogP contribution in [0.1, 0.15) is 22.4 Å². The van der Waals surface area contributed by atoms with Crippen LogP contribution in [0.25, 0.3) is 11.0 Å². The molecule has 4 rings (SSSR count). The van der Waals surface area contributed by atoms with E-state index in [-0.39, 0.29) is 13.3 Å². The van der Waals surface area contributed by atoms with E-state index in [0.29, 0.717) is 22.8 Å². The van der Waals surface area contributed by atoms with Gasteiger partial charge in [-0.2, -0.15) is 13.2 Å². The second-order valence-electron chi connectivity index (χ2n) is 6.95. The van der Waals surface area contributed by atoms with E-state index in [4.69, 9.17) is 11.6 Å². The molecule has 10 heteroatoms.